The number of benzene rings is 1. The van der Waals surface area contributed by atoms with Gasteiger partial charge in [0.25, 0.3) is 0 Å². The first kappa shape index (κ1) is 15.1. The molecule has 4 heteroatoms. The quantitative estimate of drug-likeness (QED) is 0.766. The van der Waals surface area contributed by atoms with Gasteiger partial charge in [0, 0.05) is 13.6 Å². The Morgan fingerprint density at radius 1 is 1.39 bits per heavy atom. The number of carbonyl (C=O) groups is 1. The lowest BCUT2D eigenvalue weighted by atomic mass is 10.2. The van der Waals surface area contributed by atoms with Gasteiger partial charge in [-0.05, 0) is 24.7 Å². The Hall–Kier alpha value is -1.00. The molecule has 0 aliphatic rings. The summed E-state index contributed by atoms with van der Waals surface area (Å²) in [5.74, 6) is 1.50. The van der Waals surface area contributed by atoms with E-state index < -0.39 is 6.10 Å². The van der Waals surface area contributed by atoms with Gasteiger partial charge in [-0.15, -0.1) is 0 Å². The van der Waals surface area contributed by atoms with Gasteiger partial charge in [0.1, 0.15) is 0 Å². The molecule has 0 bridgehead atoms. The fourth-order valence-corrected chi connectivity index (χ4v) is 2.52. The first-order chi connectivity index (χ1) is 8.59. The van der Waals surface area contributed by atoms with Crippen molar-refractivity contribution in [1.82, 2.24) is 4.90 Å². The molecule has 1 rings (SSSR count). The van der Waals surface area contributed by atoms with Crippen molar-refractivity contribution in [2.24, 2.45) is 0 Å². The SMILES string of the molecule is CC(O)CN(C)C(=O)CSCCc1ccccc1. The lowest BCUT2D eigenvalue weighted by Gasteiger charge is -2.18. The van der Waals surface area contributed by atoms with E-state index in [1.807, 2.05) is 18.2 Å². The summed E-state index contributed by atoms with van der Waals surface area (Å²) in [6.07, 6.45) is 0.520. The minimum atomic E-state index is -0.465. The number of aryl methyl sites for hydroxylation is 1. The van der Waals surface area contributed by atoms with Gasteiger partial charge >= 0.3 is 0 Å². The first-order valence-corrected chi connectivity index (χ1v) is 7.28. The average molecular weight is 267 g/mol. The van der Waals surface area contributed by atoms with Crippen molar-refractivity contribution >= 4 is 17.7 Å². The highest BCUT2D eigenvalue weighted by atomic mass is 32.2. The van der Waals surface area contributed by atoms with Crippen molar-refractivity contribution < 1.29 is 9.90 Å². The van der Waals surface area contributed by atoms with Crippen LogP contribution in [0.1, 0.15) is 12.5 Å². The van der Waals surface area contributed by atoms with Crippen LogP contribution < -0.4 is 0 Å². The molecule has 1 aromatic carbocycles. The number of aliphatic hydroxyl groups is 1. The van der Waals surface area contributed by atoms with Crippen LogP contribution in [0, 0.1) is 0 Å². The monoisotopic (exact) mass is 267 g/mol. The Bertz CT molecular complexity index is 354. The number of likely N-dealkylation sites (N-methyl/N-ethyl adjacent to an activating group) is 1. The van der Waals surface area contributed by atoms with Crippen LogP contribution in [-0.2, 0) is 11.2 Å². The molecule has 18 heavy (non-hydrogen) atoms. The zero-order valence-corrected chi connectivity index (χ0v) is 11.8. The molecule has 100 valence electrons. The Kier molecular flexibility index (Phi) is 6.83. The van der Waals surface area contributed by atoms with Crippen molar-refractivity contribution in [1.29, 1.82) is 0 Å². The second-order valence-electron chi connectivity index (χ2n) is 4.41. The molecule has 1 atom stereocenters. The van der Waals surface area contributed by atoms with Crippen LogP contribution in [-0.4, -0.2) is 47.1 Å². The number of aliphatic hydroxyl groups excluding tert-OH is 1. The summed E-state index contributed by atoms with van der Waals surface area (Å²) in [4.78, 5) is 13.3. The van der Waals surface area contributed by atoms with Crippen LogP contribution in [0.15, 0.2) is 30.3 Å². The fraction of sp³-hybridized carbons (Fsp3) is 0.500. The highest BCUT2D eigenvalue weighted by molar-refractivity contribution is 7.99. The molecule has 0 radical (unpaired) electrons. The van der Waals surface area contributed by atoms with Crippen LogP contribution >= 0.6 is 11.8 Å². The van der Waals surface area contributed by atoms with Crippen molar-refractivity contribution in [3.05, 3.63) is 35.9 Å². The number of thioether (sulfide) groups is 1. The van der Waals surface area contributed by atoms with E-state index in [0.717, 1.165) is 12.2 Å². The molecule has 0 fully saturated rings. The maximum atomic E-state index is 11.7. The number of nitrogens with zero attached hydrogens (tertiary/aromatic N) is 1. The molecule has 3 nitrogen and oxygen atoms in total. The van der Waals surface area contributed by atoms with Crippen molar-refractivity contribution in [2.45, 2.75) is 19.4 Å². The Balaban J connectivity index is 2.16. The molecule has 1 amide bonds. The molecule has 0 aromatic heterocycles. The lowest BCUT2D eigenvalue weighted by Crippen LogP contribution is -2.34. The van der Waals surface area contributed by atoms with Gasteiger partial charge in [0.2, 0.25) is 5.91 Å². The molecule has 0 saturated carbocycles. The van der Waals surface area contributed by atoms with E-state index in [2.05, 4.69) is 12.1 Å². The highest BCUT2D eigenvalue weighted by Crippen LogP contribution is 2.07. The molecular weight excluding hydrogens is 246 g/mol. The van der Waals surface area contributed by atoms with E-state index in [9.17, 15) is 9.90 Å². The molecular formula is C14H21NO2S. The van der Waals surface area contributed by atoms with Crippen LogP contribution in [0.4, 0.5) is 0 Å². The third kappa shape index (κ3) is 6.07. The van der Waals surface area contributed by atoms with Crippen molar-refractivity contribution in [2.75, 3.05) is 25.1 Å². The number of hydrogen-bond donors (Lipinski definition) is 1. The van der Waals surface area contributed by atoms with E-state index >= 15 is 0 Å². The van der Waals surface area contributed by atoms with Gasteiger partial charge in [-0.25, -0.2) is 0 Å². The molecule has 0 aliphatic carbocycles. The summed E-state index contributed by atoms with van der Waals surface area (Å²) < 4.78 is 0. The lowest BCUT2D eigenvalue weighted by molar-refractivity contribution is -0.128. The molecule has 0 heterocycles. The zero-order chi connectivity index (χ0) is 13.4. The van der Waals surface area contributed by atoms with Crippen LogP contribution in [0.2, 0.25) is 0 Å². The largest absolute Gasteiger partial charge is 0.392 e. The topological polar surface area (TPSA) is 40.5 Å². The normalized spacial score (nSPS) is 12.2. The maximum absolute atomic E-state index is 11.7. The second-order valence-corrected chi connectivity index (χ2v) is 5.52. The van der Waals surface area contributed by atoms with Crippen LogP contribution in [0.3, 0.4) is 0 Å². The number of amides is 1. The molecule has 1 N–H and O–H groups in total. The predicted octanol–water partition coefficient (Wildman–Crippen LogP) is 1.80. The summed E-state index contributed by atoms with van der Waals surface area (Å²) in [7, 11) is 1.73. The van der Waals surface area contributed by atoms with Gasteiger partial charge < -0.3 is 10.0 Å². The Morgan fingerprint density at radius 2 is 2.06 bits per heavy atom. The zero-order valence-electron chi connectivity index (χ0n) is 11.0. The first-order valence-electron chi connectivity index (χ1n) is 6.13. The molecule has 0 spiro atoms. The van der Waals surface area contributed by atoms with E-state index in [-0.39, 0.29) is 5.91 Å². The average Bonchev–Trinajstić information content (AvgIpc) is 2.34. The number of hydrogen-bond acceptors (Lipinski definition) is 3. The van der Waals surface area contributed by atoms with Gasteiger partial charge in [0.15, 0.2) is 0 Å². The summed E-state index contributed by atoms with van der Waals surface area (Å²) in [5, 5.41) is 9.19. The van der Waals surface area contributed by atoms with Gasteiger partial charge in [-0.2, -0.15) is 11.8 Å². The van der Waals surface area contributed by atoms with Crippen molar-refractivity contribution in [3.8, 4) is 0 Å². The third-order valence-corrected chi connectivity index (χ3v) is 3.51. The molecule has 1 aromatic rings. The minimum absolute atomic E-state index is 0.0777. The fourth-order valence-electron chi connectivity index (χ4n) is 1.60. The molecule has 1 unspecified atom stereocenters. The third-order valence-electron chi connectivity index (χ3n) is 2.57. The summed E-state index contributed by atoms with van der Waals surface area (Å²) in [6.45, 7) is 2.09. The van der Waals surface area contributed by atoms with Crippen LogP contribution in [0.5, 0.6) is 0 Å². The number of carbonyl (C=O) groups excluding carboxylic acids is 1. The van der Waals surface area contributed by atoms with E-state index in [4.69, 9.17) is 0 Å². The summed E-state index contributed by atoms with van der Waals surface area (Å²) in [5.41, 5.74) is 1.30. The van der Waals surface area contributed by atoms with Crippen LogP contribution in [0.25, 0.3) is 0 Å². The van der Waals surface area contributed by atoms with Gasteiger partial charge in [-0.1, -0.05) is 30.3 Å². The molecule has 0 aliphatic heterocycles. The van der Waals surface area contributed by atoms with Gasteiger partial charge in [-0.3, -0.25) is 4.79 Å². The van der Waals surface area contributed by atoms with E-state index in [1.165, 1.54) is 5.56 Å². The second kappa shape index (κ2) is 8.16. The van der Waals surface area contributed by atoms with E-state index in [1.54, 1.807) is 30.6 Å². The number of rotatable bonds is 7. The van der Waals surface area contributed by atoms with E-state index in [0.29, 0.717) is 12.3 Å². The minimum Gasteiger partial charge on any atom is -0.392 e. The standard InChI is InChI=1S/C14H21NO2S/c1-12(16)10-15(2)14(17)11-18-9-8-13-6-4-3-5-7-13/h3-7,12,16H,8-11H2,1-2H3. The summed E-state index contributed by atoms with van der Waals surface area (Å²) >= 11 is 1.64. The summed E-state index contributed by atoms with van der Waals surface area (Å²) in [6, 6.07) is 10.3. The maximum Gasteiger partial charge on any atom is 0.232 e. The van der Waals surface area contributed by atoms with Gasteiger partial charge in [0.05, 0.1) is 11.9 Å². The molecule has 0 saturated heterocycles. The highest BCUT2D eigenvalue weighted by Gasteiger charge is 2.10. The smallest absolute Gasteiger partial charge is 0.232 e. The Morgan fingerprint density at radius 3 is 2.67 bits per heavy atom. The Labute approximate surface area is 113 Å². The van der Waals surface area contributed by atoms with Crippen molar-refractivity contribution in [3.63, 3.8) is 0 Å². The predicted molar refractivity (Wildman–Crippen MR) is 76.8 cm³/mol.